The molecular formula is C14H20N2O2S. The van der Waals surface area contributed by atoms with Crippen LogP contribution in [0.15, 0.2) is 12.4 Å². The quantitative estimate of drug-likeness (QED) is 0.799. The molecule has 2 fully saturated rings. The minimum atomic E-state index is -0.687. The van der Waals surface area contributed by atoms with Crippen molar-refractivity contribution in [1.82, 2.24) is 9.78 Å². The zero-order valence-corrected chi connectivity index (χ0v) is 12.2. The fraction of sp³-hybridized carbons (Fsp3) is 0.714. The standard InChI is InChI=1S/C14H20N2O2S/c1-9(2)16-8-11(7-15-16)14(17)10-5-12-3-4-13(6-10)19(12)18/h7-10,12-13H,3-6H2,1-2H3. The number of nitrogens with zero attached hydrogens (tertiary/aromatic N) is 2. The highest BCUT2D eigenvalue weighted by Gasteiger charge is 2.43. The highest BCUT2D eigenvalue weighted by molar-refractivity contribution is 7.86. The maximum Gasteiger partial charge on any atom is 0.169 e. The molecule has 1 aromatic rings. The summed E-state index contributed by atoms with van der Waals surface area (Å²) < 4.78 is 13.8. The third-order valence-corrected chi connectivity index (χ3v) is 6.52. The van der Waals surface area contributed by atoms with E-state index in [4.69, 9.17) is 0 Å². The van der Waals surface area contributed by atoms with Gasteiger partial charge < -0.3 is 0 Å². The average Bonchev–Trinajstić information content (AvgIpc) is 2.92. The first-order valence-electron chi connectivity index (χ1n) is 7.04. The number of aromatic nitrogens is 2. The molecule has 5 heteroatoms. The Bertz CT molecular complexity index is 507. The van der Waals surface area contributed by atoms with Crippen LogP contribution in [0.3, 0.4) is 0 Å². The minimum Gasteiger partial charge on any atom is -0.294 e. The van der Waals surface area contributed by atoms with Crippen molar-refractivity contribution in [3.8, 4) is 0 Å². The second kappa shape index (κ2) is 4.85. The van der Waals surface area contributed by atoms with Crippen LogP contribution >= 0.6 is 0 Å². The van der Waals surface area contributed by atoms with Crippen molar-refractivity contribution in [2.45, 2.75) is 56.1 Å². The summed E-state index contributed by atoms with van der Waals surface area (Å²) in [5.74, 6) is 0.250. The summed E-state index contributed by atoms with van der Waals surface area (Å²) >= 11 is 0. The number of carbonyl (C=O) groups is 1. The molecule has 3 heterocycles. The fourth-order valence-electron chi connectivity index (χ4n) is 3.23. The van der Waals surface area contributed by atoms with Gasteiger partial charge in [-0.15, -0.1) is 0 Å². The molecule has 104 valence electrons. The predicted octanol–water partition coefficient (Wildman–Crippen LogP) is 2.34. The second-order valence-electron chi connectivity index (χ2n) is 5.99. The molecular weight excluding hydrogens is 260 g/mol. The molecule has 2 saturated heterocycles. The van der Waals surface area contributed by atoms with Crippen LogP contribution in [0.5, 0.6) is 0 Å². The van der Waals surface area contributed by atoms with E-state index in [0.717, 1.165) is 25.7 Å². The number of fused-ring (bicyclic) bond motifs is 2. The summed E-state index contributed by atoms with van der Waals surface area (Å²) in [6, 6.07) is 0.275. The van der Waals surface area contributed by atoms with E-state index in [-0.39, 0.29) is 28.2 Å². The third kappa shape index (κ3) is 2.29. The average molecular weight is 280 g/mol. The van der Waals surface area contributed by atoms with Crippen LogP contribution in [0.25, 0.3) is 0 Å². The number of ketones is 1. The number of carbonyl (C=O) groups excluding carboxylic acids is 1. The molecule has 0 amide bonds. The SMILES string of the molecule is CC(C)n1cc(C(=O)C2CC3CCC(C2)S3=O)cn1. The lowest BCUT2D eigenvalue weighted by molar-refractivity contribution is 0.0906. The lowest BCUT2D eigenvalue weighted by atomic mass is 9.92. The van der Waals surface area contributed by atoms with E-state index in [1.807, 2.05) is 24.7 Å². The van der Waals surface area contributed by atoms with Crippen molar-refractivity contribution in [3.63, 3.8) is 0 Å². The Labute approximate surface area is 116 Å². The van der Waals surface area contributed by atoms with Gasteiger partial charge in [-0.2, -0.15) is 5.10 Å². The molecule has 2 aliphatic heterocycles. The summed E-state index contributed by atoms with van der Waals surface area (Å²) in [5.41, 5.74) is 0.714. The van der Waals surface area contributed by atoms with Crippen LogP contribution < -0.4 is 0 Å². The molecule has 0 radical (unpaired) electrons. The van der Waals surface area contributed by atoms with Crippen molar-refractivity contribution in [3.05, 3.63) is 18.0 Å². The van der Waals surface area contributed by atoms with Gasteiger partial charge >= 0.3 is 0 Å². The molecule has 2 aliphatic rings. The van der Waals surface area contributed by atoms with Gasteiger partial charge in [-0.25, -0.2) is 0 Å². The topological polar surface area (TPSA) is 52.0 Å². The highest BCUT2D eigenvalue weighted by atomic mass is 32.2. The van der Waals surface area contributed by atoms with Gasteiger partial charge in [0.15, 0.2) is 5.78 Å². The highest BCUT2D eigenvalue weighted by Crippen LogP contribution is 2.39. The zero-order chi connectivity index (χ0) is 13.6. The van der Waals surface area contributed by atoms with Crippen LogP contribution in [-0.4, -0.2) is 30.3 Å². The molecule has 19 heavy (non-hydrogen) atoms. The van der Waals surface area contributed by atoms with Crippen molar-refractivity contribution >= 4 is 16.6 Å². The summed E-state index contributed by atoms with van der Waals surface area (Å²) in [6.45, 7) is 4.09. The van der Waals surface area contributed by atoms with Crippen LogP contribution in [-0.2, 0) is 10.8 Å². The number of Topliss-reactive ketones (excluding diaryl/α,β-unsaturated/α-hetero) is 1. The summed E-state index contributed by atoms with van der Waals surface area (Å²) in [6.07, 6.45) is 7.19. The van der Waals surface area contributed by atoms with Crippen LogP contribution in [0, 0.1) is 5.92 Å². The van der Waals surface area contributed by atoms with Crippen molar-refractivity contribution in [1.29, 1.82) is 0 Å². The molecule has 0 N–H and O–H groups in total. The Morgan fingerprint density at radius 2 is 2.00 bits per heavy atom. The van der Waals surface area contributed by atoms with Crippen molar-refractivity contribution < 1.29 is 9.00 Å². The Kier molecular flexibility index (Phi) is 3.33. The Morgan fingerprint density at radius 1 is 1.37 bits per heavy atom. The van der Waals surface area contributed by atoms with Crippen LogP contribution in [0.4, 0.5) is 0 Å². The maximum atomic E-state index is 12.5. The summed E-state index contributed by atoms with van der Waals surface area (Å²) in [7, 11) is -0.687. The van der Waals surface area contributed by atoms with E-state index in [0.29, 0.717) is 5.56 Å². The summed E-state index contributed by atoms with van der Waals surface area (Å²) in [5, 5.41) is 4.75. The van der Waals surface area contributed by atoms with Crippen molar-refractivity contribution in [2.24, 2.45) is 5.92 Å². The predicted molar refractivity (Wildman–Crippen MR) is 74.6 cm³/mol. The van der Waals surface area contributed by atoms with E-state index < -0.39 is 10.8 Å². The Balaban J connectivity index is 1.75. The van der Waals surface area contributed by atoms with E-state index in [2.05, 4.69) is 5.10 Å². The molecule has 0 saturated carbocycles. The zero-order valence-electron chi connectivity index (χ0n) is 11.4. The molecule has 2 bridgehead atoms. The molecule has 1 aromatic heterocycles. The first kappa shape index (κ1) is 13.0. The first-order valence-corrected chi connectivity index (χ1v) is 8.31. The monoisotopic (exact) mass is 280 g/mol. The van der Waals surface area contributed by atoms with Crippen LogP contribution in [0.2, 0.25) is 0 Å². The first-order chi connectivity index (χ1) is 9.06. The normalized spacial score (nSPS) is 33.8. The molecule has 4 nitrogen and oxygen atoms in total. The maximum absolute atomic E-state index is 12.5. The number of rotatable bonds is 3. The van der Waals surface area contributed by atoms with Gasteiger partial charge in [0.1, 0.15) is 0 Å². The fourth-order valence-corrected chi connectivity index (χ4v) is 5.36. The molecule has 0 spiro atoms. The molecule has 0 aliphatic carbocycles. The van der Waals surface area contributed by atoms with Crippen molar-refractivity contribution in [2.75, 3.05) is 0 Å². The molecule has 2 unspecified atom stereocenters. The van der Waals surface area contributed by atoms with Gasteiger partial charge in [0.25, 0.3) is 0 Å². The molecule has 2 atom stereocenters. The number of hydrogen-bond acceptors (Lipinski definition) is 3. The van der Waals surface area contributed by atoms with E-state index >= 15 is 0 Å². The molecule has 0 aromatic carbocycles. The summed E-state index contributed by atoms with van der Waals surface area (Å²) in [4.78, 5) is 12.5. The lowest BCUT2D eigenvalue weighted by Gasteiger charge is -2.25. The number of hydrogen-bond donors (Lipinski definition) is 0. The van der Waals surface area contributed by atoms with Gasteiger partial charge in [-0.3, -0.25) is 13.7 Å². The van der Waals surface area contributed by atoms with Gasteiger partial charge in [-0.05, 0) is 39.5 Å². The lowest BCUT2D eigenvalue weighted by Crippen LogP contribution is -2.32. The minimum absolute atomic E-state index is 0.0556. The van der Waals surface area contributed by atoms with Gasteiger partial charge in [-0.1, -0.05) is 0 Å². The Morgan fingerprint density at radius 3 is 2.53 bits per heavy atom. The van der Waals surface area contributed by atoms with Gasteiger partial charge in [0, 0.05) is 39.5 Å². The van der Waals surface area contributed by atoms with Gasteiger partial charge in [0.2, 0.25) is 0 Å². The van der Waals surface area contributed by atoms with E-state index in [1.54, 1.807) is 6.20 Å². The van der Waals surface area contributed by atoms with E-state index in [9.17, 15) is 9.00 Å². The Hall–Kier alpha value is -0.970. The van der Waals surface area contributed by atoms with Crippen LogP contribution in [0.1, 0.15) is 55.9 Å². The van der Waals surface area contributed by atoms with Gasteiger partial charge in [0.05, 0.1) is 11.8 Å². The largest absolute Gasteiger partial charge is 0.294 e. The third-order valence-electron chi connectivity index (χ3n) is 4.35. The molecule has 3 rings (SSSR count). The van der Waals surface area contributed by atoms with E-state index in [1.165, 1.54) is 0 Å². The smallest absolute Gasteiger partial charge is 0.169 e. The second-order valence-corrected chi connectivity index (χ2v) is 7.98.